The molecule has 6 aromatic rings. The predicted octanol–water partition coefficient (Wildman–Crippen LogP) is 11.7. The second kappa shape index (κ2) is 13.8. The summed E-state index contributed by atoms with van der Waals surface area (Å²) in [6, 6.07) is 42.9. The summed E-state index contributed by atoms with van der Waals surface area (Å²) in [6.07, 6.45) is 8.32. The summed E-state index contributed by atoms with van der Waals surface area (Å²) < 4.78 is 7.36. The van der Waals surface area contributed by atoms with Gasteiger partial charge in [0.25, 0.3) is 0 Å². The molecule has 0 bridgehead atoms. The van der Waals surface area contributed by atoms with Crippen molar-refractivity contribution in [3.8, 4) is 0 Å². The first-order valence-corrected chi connectivity index (χ1v) is 16.3. The van der Waals surface area contributed by atoms with E-state index in [9.17, 15) is 0 Å². The van der Waals surface area contributed by atoms with Gasteiger partial charge in [-0.1, -0.05) is 145 Å². The van der Waals surface area contributed by atoms with E-state index in [1.165, 1.54) is 43.1 Å². The van der Waals surface area contributed by atoms with Gasteiger partial charge in [0.1, 0.15) is 12.2 Å². The van der Waals surface area contributed by atoms with E-state index in [4.69, 9.17) is 4.74 Å². The van der Waals surface area contributed by atoms with Crippen molar-refractivity contribution in [2.45, 2.75) is 26.1 Å². The highest BCUT2D eigenvalue weighted by Crippen LogP contribution is 2.42. The van der Waals surface area contributed by atoms with Crippen LogP contribution in [0.2, 0.25) is 0 Å². The molecule has 2 unspecified atom stereocenters. The Labute approximate surface area is 263 Å². The Bertz CT molecular complexity index is 1660. The van der Waals surface area contributed by atoms with Crippen LogP contribution in [0.5, 0.6) is 0 Å². The van der Waals surface area contributed by atoms with Gasteiger partial charge in [-0.15, -0.1) is 22.7 Å². The lowest BCUT2D eigenvalue weighted by Gasteiger charge is -2.27. The molecule has 4 aromatic carbocycles. The average molecular weight is 595 g/mol. The fourth-order valence-electron chi connectivity index (χ4n) is 5.25. The van der Waals surface area contributed by atoms with Crippen molar-refractivity contribution < 1.29 is 4.74 Å². The third-order valence-electron chi connectivity index (χ3n) is 7.43. The third-order valence-corrected chi connectivity index (χ3v) is 9.27. The van der Waals surface area contributed by atoms with Gasteiger partial charge < -0.3 is 4.74 Å². The SMILES string of the molecule is Cc1ccc(C=Cc2ccccc2)c(C(OC(c2cccs2)c2cc(C)ccc2C=Cc2ccccc2)c2cccs2)c1. The van der Waals surface area contributed by atoms with Crippen LogP contribution >= 0.6 is 22.7 Å². The monoisotopic (exact) mass is 594 g/mol. The molecule has 2 heterocycles. The maximum absolute atomic E-state index is 7.36. The highest BCUT2D eigenvalue weighted by Gasteiger charge is 2.27. The highest BCUT2D eigenvalue weighted by molar-refractivity contribution is 7.10. The Balaban J connectivity index is 1.45. The summed E-state index contributed by atoms with van der Waals surface area (Å²) in [5, 5.41) is 4.28. The van der Waals surface area contributed by atoms with E-state index in [1.807, 2.05) is 0 Å². The van der Waals surface area contributed by atoms with Crippen LogP contribution in [0.3, 0.4) is 0 Å². The van der Waals surface area contributed by atoms with Crippen LogP contribution < -0.4 is 0 Å². The van der Waals surface area contributed by atoms with Crippen molar-refractivity contribution in [1.82, 2.24) is 0 Å². The Morgan fingerprint density at radius 3 is 1.33 bits per heavy atom. The molecule has 0 spiro atoms. The molecule has 0 fully saturated rings. The number of rotatable bonds is 10. The molecule has 0 aliphatic carbocycles. The number of ether oxygens (including phenoxy) is 1. The van der Waals surface area contributed by atoms with Gasteiger partial charge in [-0.05, 0) is 70.1 Å². The molecule has 2 atom stereocenters. The van der Waals surface area contributed by atoms with Crippen molar-refractivity contribution in [1.29, 1.82) is 0 Å². The van der Waals surface area contributed by atoms with Crippen LogP contribution in [0.4, 0.5) is 0 Å². The average Bonchev–Trinajstić information content (AvgIpc) is 3.77. The molecule has 0 amide bonds. The zero-order valence-electron chi connectivity index (χ0n) is 24.4. The molecule has 0 N–H and O–H groups in total. The van der Waals surface area contributed by atoms with E-state index < -0.39 is 0 Å². The van der Waals surface area contributed by atoms with Crippen molar-refractivity contribution >= 4 is 47.0 Å². The molecule has 0 aliphatic rings. The van der Waals surface area contributed by atoms with Crippen LogP contribution in [-0.2, 0) is 4.74 Å². The lowest BCUT2D eigenvalue weighted by atomic mass is 9.95. The maximum Gasteiger partial charge on any atom is 0.119 e. The Morgan fingerprint density at radius 1 is 0.488 bits per heavy atom. The summed E-state index contributed by atoms with van der Waals surface area (Å²) in [5.41, 5.74) is 9.44. The van der Waals surface area contributed by atoms with Gasteiger partial charge >= 0.3 is 0 Å². The first kappa shape index (κ1) is 28.8. The Morgan fingerprint density at radius 2 is 0.930 bits per heavy atom. The minimum Gasteiger partial charge on any atom is -0.354 e. The summed E-state index contributed by atoms with van der Waals surface area (Å²) in [5.74, 6) is 0. The van der Waals surface area contributed by atoms with Gasteiger partial charge in [-0.2, -0.15) is 0 Å². The van der Waals surface area contributed by atoms with Crippen molar-refractivity contribution in [3.63, 3.8) is 0 Å². The molecule has 3 heteroatoms. The Hall–Kier alpha value is -4.28. The fourth-order valence-corrected chi connectivity index (χ4v) is 6.81. The number of hydrogen-bond donors (Lipinski definition) is 0. The van der Waals surface area contributed by atoms with Crippen LogP contribution in [-0.4, -0.2) is 0 Å². The summed E-state index contributed by atoms with van der Waals surface area (Å²) in [7, 11) is 0. The van der Waals surface area contributed by atoms with Crippen LogP contribution in [0, 0.1) is 13.8 Å². The molecular formula is C40H34OS2. The zero-order valence-corrected chi connectivity index (χ0v) is 26.0. The highest BCUT2D eigenvalue weighted by atomic mass is 32.1. The van der Waals surface area contributed by atoms with E-state index >= 15 is 0 Å². The molecule has 0 radical (unpaired) electrons. The maximum atomic E-state index is 7.36. The molecular weight excluding hydrogens is 561 g/mol. The second-order valence-corrected chi connectivity index (χ2v) is 12.6. The van der Waals surface area contributed by atoms with Crippen molar-refractivity contribution in [2.75, 3.05) is 0 Å². The minimum atomic E-state index is -0.242. The third kappa shape index (κ3) is 7.21. The molecule has 0 saturated carbocycles. The normalized spacial score (nSPS) is 13.1. The molecule has 0 saturated heterocycles. The number of benzene rings is 4. The number of thiophene rings is 2. The fraction of sp³-hybridized carbons (Fsp3) is 0.100. The first-order chi connectivity index (χ1) is 21.1. The van der Waals surface area contributed by atoms with Gasteiger partial charge in [0.2, 0.25) is 0 Å². The van der Waals surface area contributed by atoms with Crippen molar-refractivity contribution in [3.05, 3.63) is 186 Å². The standard InChI is InChI=1S/C40H34OS2/c1-29-17-21-33(23-19-31-11-5-3-6-12-31)35(27-29)39(37-15-9-25-42-37)41-40(38-16-10-26-43-38)36-28-30(2)18-22-34(36)24-20-32-13-7-4-8-14-32/h3-28,39-40H,1-2H3. The summed E-state index contributed by atoms with van der Waals surface area (Å²) in [4.78, 5) is 2.38. The van der Waals surface area contributed by atoms with E-state index in [0.717, 1.165) is 11.1 Å². The van der Waals surface area contributed by atoms with Crippen LogP contribution in [0.25, 0.3) is 24.3 Å². The van der Waals surface area contributed by atoms with Gasteiger partial charge in [-0.25, -0.2) is 0 Å². The molecule has 212 valence electrons. The van der Waals surface area contributed by atoms with E-state index in [-0.39, 0.29) is 12.2 Å². The quantitative estimate of drug-likeness (QED) is 0.143. The summed E-state index contributed by atoms with van der Waals surface area (Å²) >= 11 is 3.49. The van der Waals surface area contributed by atoms with Gasteiger partial charge in [0.05, 0.1) is 0 Å². The van der Waals surface area contributed by atoms with Gasteiger partial charge in [0.15, 0.2) is 0 Å². The summed E-state index contributed by atoms with van der Waals surface area (Å²) in [6.45, 7) is 4.31. The largest absolute Gasteiger partial charge is 0.354 e. The van der Waals surface area contributed by atoms with Crippen LogP contribution in [0.1, 0.15) is 66.5 Å². The Kier molecular flexibility index (Phi) is 9.25. The zero-order chi connectivity index (χ0) is 29.4. The molecule has 0 aliphatic heterocycles. The second-order valence-electron chi connectivity index (χ2n) is 10.7. The molecule has 1 nitrogen and oxygen atoms in total. The van der Waals surface area contributed by atoms with Crippen molar-refractivity contribution in [2.24, 2.45) is 0 Å². The smallest absolute Gasteiger partial charge is 0.119 e. The lowest BCUT2D eigenvalue weighted by molar-refractivity contribution is 0.0346. The van der Waals surface area contributed by atoms with Gasteiger partial charge in [0, 0.05) is 9.75 Å². The van der Waals surface area contributed by atoms with E-state index in [1.54, 1.807) is 22.7 Å². The number of aryl methyl sites for hydroxylation is 2. The topological polar surface area (TPSA) is 9.23 Å². The molecule has 43 heavy (non-hydrogen) atoms. The lowest BCUT2D eigenvalue weighted by Crippen LogP contribution is -2.14. The van der Waals surface area contributed by atoms with E-state index in [2.05, 4.69) is 170 Å². The first-order valence-electron chi connectivity index (χ1n) is 14.5. The molecule has 6 rings (SSSR count). The predicted molar refractivity (Wildman–Crippen MR) is 187 cm³/mol. The minimum absolute atomic E-state index is 0.242. The van der Waals surface area contributed by atoms with E-state index in [0.29, 0.717) is 0 Å². The van der Waals surface area contributed by atoms with Crippen LogP contribution in [0.15, 0.2) is 132 Å². The number of hydrogen-bond acceptors (Lipinski definition) is 3. The molecule has 2 aromatic heterocycles. The van der Waals surface area contributed by atoms with Gasteiger partial charge in [-0.3, -0.25) is 0 Å².